The summed E-state index contributed by atoms with van der Waals surface area (Å²) in [6.07, 6.45) is 0. The molecule has 0 spiro atoms. The number of carbonyl (C=O) groups excluding carboxylic acids is 1. The van der Waals surface area contributed by atoms with Crippen LogP contribution in [0, 0.1) is 0 Å². The number of rotatable bonds is 2. The Morgan fingerprint density at radius 3 is 1.91 bits per heavy atom. The van der Waals surface area contributed by atoms with Crippen LogP contribution in [0.25, 0.3) is 0 Å². The molecular formula is C17H28N4O2. The summed E-state index contributed by atoms with van der Waals surface area (Å²) in [4.78, 5) is 14.9. The Morgan fingerprint density at radius 1 is 0.957 bits per heavy atom. The highest BCUT2D eigenvalue weighted by molar-refractivity contribution is 5.73. The van der Waals surface area contributed by atoms with Gasteiger partial charge in [-0.05, 0) is 24.3 Å². The number of piperazine rings is 2. The average molecular weight is 320 g/mol. The number of ether oxygens (including phenoxy) is 1. The lowest BCUT2D eigenvalue weighted by Gasteiger charge is -2.29. The van der Waals surface area contributed by atoms with Crippen LogP contribution in [0.2, 0.25) is 0 Å². The smallest absolute Gasteiger partial charge is 0.219 e. The molecular weight excluding hydrogens is 292 g/mol. The third kappa shape index (κ3) is 5.73. The summed E-state index contributed by atoms with van der Waals surface area (Å²) in [6, 6.07) is 8.25. The van der Waals surface area contributed by atoms with Crippen LogP contribution in [0.4, 0.5) is 5.69 Å². The summed E-state index contributed by atoms with van der Waals surface area (Å²) >= 11 is 0. The molecule has 0 aliphatic carbocycles. The molecule has 2 fully saturated rings. The number of carbonyl (C=O) groups is 1. The zero-order valence-corrected chi connectivity index (χ0v) is 14.2. The van der Waals surface area contributed by atoms with Gasteiger partial charge in [-0.15, -0.1) is 0 Å². The molecule has 2 aliphatic heterocycles. The lowest BCUT2D eigenvalue weighted by molar-refractivity contribution is -0.129. The maximum absolute atomic E-state index is 10.7. The van der Waals surface area contributed by atoms with Gasteiger partial charge < -0.3 is 25.2 Å². The van der Waals surface area contributed by atoms with Crippen molar-refractivity contribution in [1.29, 1.82) is 0 Å². The molecule has 128 valence electrons. The Labute approximate surface area is 138 Å². The number of nitrogens with zero attached hydrogens (tertiary/aromatic N) is 2. The van der Waals surface area contributed by atoms with E-state index in [1.54, 1.807) is 14.0 Å². The van der Waals surface area contributed by atoms with Gasteiger partial charge in [-0.3, -0.25) is 4.79 Å². The summed E-state index contributed by atoms with van der Waals surface area (Å²) in [5, 5.41) is 6.52. The normalized spacial score (nSPS) is 18.0. The van der Waals surface area contributed by atoms with Crippen molar-refractivity contribution in [1.82, 2.24) is 15.5 Å². The highest BCUT2D eigenvalue weighted by Gasteiger charge is 2.10. The Kier molecular flexibility index (Phi) is 7.16. The van der Waals surface area contributed by atoms with Gasteiger partial charge in [-0.1, -0.05) is 0 Å². The molecule has 0 radical (unpaired) electrons. The van der Waals surface area contributed by atoms with Gasteiger partial charge in [0.1, 0.15) is 5.75 Å². The van der Waals surface area contributed by atoms with Crippen LogP contribution in [-0.4, -0.2) is 70.3 Å². The molecule has 1 aromatic rings. The predicted molar refractivity (Wildman–Crippen MR) is 93.2 cm³/mol. The van der Waals surface area contributed by atoms with Crippen LogP contribution in [0.15, 0.2) is 24.3 Å². The number of hydrogen-bond donors (Lipinski definition) is 2. The van der Waals surface area contributed by atoms with E-state index in [-0.39, 0.29) is 5.91 Å². The maximum Gasteiger partial charge on any atom is 0.219 e. The summed E-state index contributed by atoms with van der Waals surface area (Å²) in [5.41, 5.74) is 1.28. The summed E-state index contributed by atoms with van der Waals surface area (Å²) in [7, 11) is 1.69. The summed E-state index contributed by atoms with van der Waals surface area (Å²) in [5.74, 6) is 1.11. The van der Waals surface area contributed by atoms with Gasteiger partial charge in [0.2, 0.25) is 5.91 Å². The molecule has 2 saturated heterocycles. The van der Waals surface area contributed by atoms with E-state index in [4.69, 9.17) is 4.74 Å². The van der Waals surface area contributed by atoms with Gasteiger partial charge in [0, 0.05) is 65.0 Å². The SMILES string of the molecule is CC(=O)N1CCNCC1.COc1ccc(N2CCNCC2)cc1. The van der Waals surface area contributed by atoms with Crippen LogP contribution < -0.4 is 20.3 Å². The predicted octanol–water partition coefficient (Wildman–Crippen LogP) is 0.543. The van der Waals surface area contributed by atoms with E-state index in [2.05, 4.69) is 27.7 Å². The molecule has 6 heteroatoms. The van der Waals surface area contributed by atoms with Crippen LogP contribution in [0.5, 0.6) is 5.75 Å². The average Bonchev–Trinajstić information content (AvgIpc) is 2.64. The van der Waals surface area contributed by atoms with Gasteiger partial charge in [-0.25, -0.2) is 0 Å². The second-order valence-corrected chi connectivity index (χ2v) is 5.69. The number of benzene rings is 1. The van der Waals surface area contributed by atoms with Crippen LogP contribution in [0.1, 0.15) is 6.92 Å². The number of methoxy groups -OCH3 is 1. The first-order valence-corrected chi connectivity index (χ1v) is 8.26. The van der Waals surface area contributed by atoms with E-state index in [0.29, 0.717) is 0 Å². The fraction of sp³-hybridized carbons (Fsp3) is 0.588. The second kappa shape index (κ2) is 9.37. The quantitative estimate of drug-likeness (QED) is 0.833. The van der Waals surface area contributed by atoms with E-state index < -0.39 is 0 Å². The third-order valence-corrected chi connectivity index (χ3v) is 4.12. The van der Waals surface area contributed by atoms with E-state index in [9.17, 15) is 4.79 Å². The van der Waals surface area contributed by atoms with Gasteiger partial charge >= 0.3 is 0 Å². The van der Waals surface area contributed by atoms with Gasteiger partial charge in [0.25, 0.3) is 0 Å². The van der Waals surface area contributed by atoms with E-state index in [1.807, 2.05) is 17.0 Å². The molecule has 0 aromatic heterocycles. The number of hydrogen-bond acceptors (Lipinski definition) is 5. The fourth-order valence-electron chi connectivity index (χ4n) is 2.70. The van der Waals surface area contributed by atoms with Crippen molar-refractivity contribution in [3.05, 3.63) is 24.3 Å². The minimum Gasteiger partial charge on any atom is -0.497 e. The molecule has 6 nitrogen and oxygen atoms in total. The summed E-state index contributed by atoms with van der Waals surface area (Å²) < 4.78 is 5.13. The topological polar surface area (TPSA) is 56.8 Å². The fourth-order valence-corrected chi connectivity index (χ4v) is 2.70. The first-order valence-electron chi connectivity index (χ1n) is 8.26. The zero-order chi connectivity index (χ0) is 16.5. The lowest BCUT2D eigenvalue weighted by atomic mass is 10.2. The largest absolute Gasteiger partial charge is 0.497 e. The molecule has 0 bridgehead atoms. The minimum atomic E-state index is 0.191. The minimum absolute atomic E-state index is 0.191. The zero-order valence-electron chi connectivity index (χ0n) is 14.2. The lowest BCUT2D eigenvalue weighted by Crippen LogP contribution is -2.45. The number of amides is 1. The Balaban J connectivity index is 0.000000185. The van der Waals surface area contributed by atoms with E-state index in [1.165, 1.54) is 5.69 Å². The van der Waals surface area contributed by atoms with Crippen molar-refractivity contribution >= 4 is 11.6 Å². The molecule has 0 saturated carbocycles. The molecule has 2 heterocycles. The van der Waals surface area contributed by atoms with Gasteiger partial charge in [0.15, 0.2) is 0 Å². The molecule has 1 aromatic carbocycles. The van der Waals surface area contributed by atoms with Crippen molar-refractivity contribution in [2.24, 2.45) is 0 Å². The van der Waals surface area contributed by atoms with Crippen LogP contribution in [-0.2, 0) is 4.79 Å². The van der Waals surface area contributed by atoms with Crippen molar-refractivity contribution < 1.29 is 9.53 Å². The number of anilines is 1. The molecule has 2 N–H and O–H groups in total. The first-order chi connectivity index (χ1) is 11.2. The molecule has 0 atom stereocenters. The van der Waals surface area contributed by atoms with Gasteiger partial charge in [-0.2, -0.15) is 0 Å². The summed E-state index contributed by atoms with van der Waals surface area (Å²) in [6.45, 7) is 9.58. The van der Waals surface area contributed by atoms with Gasteiger partial charge in [0.05, 0.1) is 7.11 Å². The van der Waals surface area contributed by atoms with Crippen molar-refractivity contribution in [3.63, 3.8) is 0 Å². The molecule has 0 unspecified atom stereocenters. The Morgan fingerprint density at radius 2 is 1.48 bits per heavy atom. The Hall–Kier alpha value is -1.79. The van der Waals surface area contributed by atoms with Crippen molar-refractivity contribution in [3.8, 4) is 5.75 Å². The van der Waals surface area contributed by atoms with Crippen LogP contribution >= 0.6 is 0 Å². The standard InChI is InChI=1S/C11H16N2O.C6H12N2O/c1-14-11-4-2-10(3-5-11)13-8-6-12-7-9-13;1-6(9)8-4-2-7-3-5-8/h2-5,12H,6-9H2,1H3;7H,2-5H2,1H3. The molecule has 2 aliphatic rings. The third-order valence-electron chi connectivity index (χ3n) is 4.12. The monoisotopic (exact) mass is 320 g/mol. The van der Waals surface area contributed by atoms with E-state index >= 15 is 0 Å². The molecule has 1 amide bonds. The van der Waals surface area contributed by atoms with Crippen molar-refractivity contribution in [2.75, 3.05) is 64.4 Å². The highest BCUT2D eigenvalue weighted by atomic mass is 16.5. The first kappa shape index (κ1) is 17.6. The highest BCUT2D eigenvalue weighted by Crippen LogP contribution is 2.19. The van der Waals surface area contributed by atoms with Crippen LogP contribution in [0.3, 0.4) is 0 Å². The number of nitrogens with one attached hydrogen (secondary N) is 2. The maximum atomic E-state index is 10.7. The Bertz CT molecular complexity index is 466. The molecule has 3 rings (SSSR count). The second-order valence-electron chi connectivity index (χ2n) is 5.69. The van der Waals surface area contributed by atoms with Crippen molar-refractivity contribution in [2.45, 2.75) is 6.92 Å². The van der Waals surface area contributed by atoms with E-state index in [0.717, 1.165) is 58.1 Å². The molecule has 23 heavy (non-hydrogen) atoms.